The van der Waals surface area contributed by atoms with Crippen LogP contribution in [0.2, 0.25) is 10.0 Å². The van der Waals surface area contributed by atoms with Gasteiger partial charge in [-0.1, -0.05) is 96.0 Å². The highest BCUT2D eigenvalue weighted by molar-refractivity contribution is 8.17. The number of carbonyl (C=O) groups excluding carboxylic acids is 1. The third-order valence-corrected chi connectivity index (χ3v) is 14.6. The first kappa shape index (κ1) is 35.8. The zero-order valence-corrected chi connectivity index (χ0v) is 30.4. The Kier molecular flexibility index (Phi) is 12.9. The number of rotatable bonds is 11. The molecule has 0 aliphatic heterocycles. The van der Waals surface area contributed by atoms with Gasteiger partial charge in [0, 0.05) is 31.5 Å². The molecule has 0 unspecified atom stereocenters. The van der Waals surface area contributed by atoms with Crippen LogP contribution in [0.1, 0.15) is 10.4 Å². The number of nitrogens with one attached hydrogen (secondary N) is 1. The molecule has 0 aliphatic carbocycles. The minimum absolute atomic E-state index is 0. The summed E-state index contributed by atoms with van der Waals surface area (Å²) < 4.78 is -0.140. The van der Waals surface area contributed by atoms with Crippen molar-refractivity contribution in [3.63, 3.8) is 0 Å². The van der Waals surface area contributed by atoms with E-state index in [9.17, 15) is 4.79 Å². The van der Waals surface area contributed by atoms with Gasteiger partial charge in [0.15, 0.2) is 12.7 Å². The lowest BCUT2D eigenvalue weighted by Crippen LogP contribution is -3.00. The fourth-order valence-corrected chi connectivity index (χ4v) is 12.4. The topological polar surface area (TPSA) is 29.1 Å². The summed E-state index contributed by atoms with van der Waals surface area (Å²) in [5.41, 5.74) is 1.46. The molecule has 48 heavy (non-hydrogen) atoms. The molecule has 6 rings (SSSR count). The molecule has 8 heteroatoms. The van der Waals surface area contributed by atoms with Crippen molar-refractivity contribution in [2.24, 2.45) is 0 Å². The molecule has 0 atom stereocenters. The number of carbonyl (C=O) groups is 1. The van der Waals surface area contributed by atoms with Gasteiger partial charge in [0.2, 0.25) is 0 Å². The largest absolute Gasteiger partial charge is 1.00 e. The predicted octanol–water partition coefficient (Wildman–Crippen LogP) is 7.47. The molecule has 6 aromatic rings. The summed E-state index contributed by atoms with van der Waals surface area (Å²) in [7, 11) is -2.66. The molecule has 0 spiro atoms. The maximum atomic E-state index is 14.2. The molecule has 6 aromatic carbocycles. The average molecular weight is 743 g/mol. The summed E-state index contributed by atoms with van der Waals surface area (Å²) in [6.07, 6.45) is 2.25. The third-order valence-electron chi connectivity index (χ3n) is 7.50. The molecule has 0 heterocycles. The van der Waals surface area contributed by atoms with Crippen molar-refractivity contribution in [2.75, 3.05) is 0 Å². The number of hydrogen-bond acceptors (Lipinski definition) is 3. The van der Waals surface area contributed by atoms with Gasteiger partial charge in [-0.05, 0) is 97.1 Å². The fourth-order valence-electron chi connectivity index (χ4n) is 5.35. The van der Waals surface area contributed by atoms with Crippen molar-refractivity contribution in [1.82, 2.24) is 5.32 Å². The SMILES string of the molecule is O=C(N/C(=C\C(Sc1ccc(Cl)cc1)Sc1ccc(Cl)cc1)[P+](c1ccccc1)(c1ccccc1)c1ccccc1)c1ccccc1.[Cl-]. The minimum atomic E-state index is -2.66. The van der Waals surface area contributed by atoms with Crippen LogP contribution in [-0.2, 0) is 0 Å². The van der Waals surface area contributed by atoms with Gasteiger partial charge in [-0.15, -0.1) is 23.5 Å². The summed E-state index contributed by atoms with van der Waals surface area (Å²) in [5.74, 6) is -0.157. The second-order valence-electron chi connectivity index (χ2n) is 10.6. The van der Waals surface area contributed by atoms with E-state index < -0.39 is 7.26 Å². The van der Waals surface area contributed by atoms with Gasteiger partial charge in [-0.2, -0.15) is 0 Å². The van der Waals surface area contributed by atoms with Crippen LogP contribution in [0.15, 0.2) is 191 Å². The first-order valence-electron chi connectivity index (χ1n) is 15.0. The van der Waals surface area contributed by atoms with Crippen LogP contribution >= 0.6 is 54.0 Å². The summed E-state index contributed by atoms with van der Waals surface area (Å²) in [4.78, 5) is 16.3. The standard InChI is InChI=1S/C40H30Cl2NOPS2.ClH/c41-31-21-25-36(26-22-31)46-39(47-37-27-23-32(42)24-28-37)29-38(43-40(44)30-13-5-1-6-14-30)45(33-15-7-2-8-16-33,34-17-9-3-10-18-34)35-19-11-4-12-20-35;/h1-29,39H;1H/b38-29+;. The lowest BCUT2D eigenvalue weighted by Gasteiger charge is -2.30. The Balaban J connectivity index is 0.00000451. The maximum absolute atomic E-state index is 14.2. The Bertz CT molecular complexity index is 1780. The molecule has 0 aliphatic rings. The highest BCUT2D eigenvalue weighted by atomic mass is 35.5. The van der Waals surface area contributed by atoms with Crippen molar-refractivity contribution in [3.05, 3.63) is 197 Å². The first-order valence-corrected chi connectivity index (χ1v) is 19.3. The minimum Gasteiger partial charge on any atom is -1.00 e. The van der Waals surface area contributed by atoms with Crippen LogP contribution in [0, 0.1) is 0 Å². The van der Waals surface area contributed by atoms with Gasteiger partial charge in [0.1, 0.15) is 15.9 Å². The van der Waals surface area contributed by atoms with E-state index >= 15 is 0 Å². The maximum Gasteiger partial charge on any atom is 0.258 e. The zero-order valence-electron chi connectivity index (χ0n) is 25.6. The molecule has 1 N–H and O–H groups in total. The van der Waals surface area contributed by atoms with E-state index in [1.807, 2.05) is 97.1 Å². The second-order valence-corrected chi connectivity index (χ2v) is 17.5. The Labute approximate surface area is 307 Å². The molecular weight excluding hydrogens is 712 g/mol. The smallest absolute Gasteiger partial charge is 0.258 e. The van der Waals surface area contributed by atoms with E-state index in [1.165, 1.54) is 0 Å². The van der Waals surface area contributed by atoms with E-state index in [1.54, 1.807) is 23.5 Å². The average Bonchev–Trinajstić information content (AvgIpc) is 3.12. The predicted molar refractivity (Wildman–Crippen MR) is 206 cm³/mol. The normalized spacial score (nSPS) is 11.5. The molecule has 0 saturated heterocycles. The van der Waals surface area contributed by atoms with Crippen LogP contribution < -0.4 is 33.6 Å². The van der Waals surface area contributed by atoms with Crippen molar-refractivity contribution < 1.29 is 17.2 Å². The second kappa shape index (κ2) is 17.3. The van der Waals surface area contributed by atoms with Crippen LogP contribution in [0.4, 0.5) is 0 Å². The van der Waals surface area contributed by atoms with Crippen molar-refractivity contribution in [3.8, 4) is 0 Å². The number of amides is 1. The molecule has 0 aromatic heterocycles. The molecule has 2 nitrogen and oxygen atoms in total. The third kappa shape index (κ3) is 8.57. The van der Waals surface area contributed by atoms with E-state index in [4.69, 9.17) is 23.2 Å². The molecule has 0 radical (unpaired) electrons. The van der Waals surface area contributed by atoms with E-state index in [0.717, 1.165) is 31.1 Å². The van der Waals surface area contributed by atoms with Crippen molar-refractivity contribution >= 4 is 75.8 Å². The molecule has 0 bridgehead atoms. The number of benzene rings is 6. The number of hydrogen-bond donors (Lipinski definition) is 1. The molecule has 1 amide bonds. The van der Waals surface area contributed by atoms with Crippen molar-refractivity contribution in [1.29, 1.82) is 0 Å². The van der Waals surface area contributed by atoms with Gasteiger partial charge >= 0.3 is 0 Å². The van der Waals surface area contributed by atoms with E-state index in [2.05, 4.69) is 84.2 Å². The summed E-state index contributed by atoms with van der Waals surface area (Å²) >= 11 is 16.0. The number of halogens is 3. The highest BCUT2D eigenvalue weighted by Crippen LogP contribution is 2.62. The Morgan fingerprint density at radius 1 is 0.542 bits per heavy atom. The summed E-state index contributed by atoms with van der Waals surface area (Å²) in [6.45, 7) is 0. The van der Waals surface area contributed by atoms with Gasteiger partial charge in [0.25, 0.3) is 5.91 Å². The number of thioether (sulfide) groups is 2. The van der Waals surface area contributed by atoms with Crippen molar-refractivity contribution in [2.45, 2.75) is 14.4 Å². The van der Waals surface area contributed by atoms with E-state index in [-0.39, 0.29) is 22.9 Å². The summed E-state index contributed by atoms with van der Waals surface area (Å²) in [5, 5.41) is 8.29. The van der Waals surface area contributed by atoms with Crippen LogP contribution in [0.3, 0.4) is 0 Å². The lowest BCUT2D eigenvalue weighted by atomic mass is 10.2. The quantitative estimate of drug-likeness (QED) is 0.0849. The fraction of sp³-hybridized carbons (Fsp3) is 0.0250. The van der Waals surface area contributed by atoms with Gasteiger partial charge in [-0.3, -0.25) is 10.1 Å². The van der Waals surface area contributed by atoms with Crippen LogP contribution in [-0.4, -0.2) is 10.5 Å². The first-order chi connectivity index (χ1) is 23.0. The molecule has 0 saturated carbocycles. The molecule has 240 valence electrons. The molecule has 0 fully saturated rings. The van der Waals surface area contributed by atoms with Crippen LogP contribution in [0.5, 0.6) is 0 Å². The Morgan fingerprint density at radius 2 is 0.896 bits per heavy atom. The Hall–Kier alpha value is -3.47. The van der Waals surface area contributed by atoms with E-state index in [0.29, 0.717) is 15.6 Å². The van der Waals surface area contributed by atoms with Gasteiger partial charge in [-0.25, -0.2) is 0 Å². The van der Waals surface area contributed by atoms with Gasteiger partial charge < -0.3 is 12.4 Å². The van der Waals surface area contributed by atoms with Crippen LogP contribution in [0.25, 0.3) is 0 Å². The Morgan fingerprint density at radius 3 is 1.27 bits per heavy atom. The highest BCUT2D eigenvalue weighted by Gasteiger charge is 2.51. The monoisotopic (exact) mass is 741 g/mol. The molecular formula is C40H31Cl3NOPS2. The zero-order chi connectivity index (χ0) is 32.5. The lowest BCUT2D eigenvalue weighted by molar-refractivity contribution is -0.0000170. The van der Waals surface area contributed by atoms with Gasteiger partial charge in [0.05, 0.1) is 4.58 Å². The summed E-state index contributed by atoms with van der Waals surface area (Å²) in [6, 6.07) is 56.9.